The smallest absolute Gasteiger partial charge is 0.301 e. The van der Waals surface area contributed by atoms with Gasteiger partial charge in [-0.1, -0.05) is 17.3 Å². The molecule has 0 heterocycles. The van der Waals surface area contributed by atoms with E-state index in [9.17, 15) is 13.6 Å². The van der Waals surface area contributed by atoms with E-state index in [4.69, 9.17) is 4.74 Å². The maximum absolute atomic E-state index is 11.9. The number of methoxy groups -OCH3 is 1. The fourth-order valence-corrected chi connectivity index (χ4v) is 2.61. The van der Waals surface area contributed by atoms with E-state index in [0.29, 0.717) is 28.3 Å². The summed E-state index contributed by atoms with van der Waals surface area (Å²) in [4.78, 5) is 0. The summed E-state index contributed by atoms with van der Waals surface area (Å²) in [5.74, 6) is 0.684. The van der Waals surface area contributed by atoms with Crippen molar-refractivity contribution in [3.63, 3.8) is 0 Å². The van der Waals surface area contributed by atoms with Crippen LogP contribution in [0.2, 0.25) is 0 Å². The zero-order valence-electron chi connectivity index (χ0n) is 13.6. The summed E-state index contributed by atoms with van der Waals surface area (Å²) in [6.45, 7) is 0. The van der Waals surface area contributed by atoms with E-state index in [1.165, 1.54) is 14.1 Å². The van der Waals surface area contributed by atoms with E-state index < -0.39 is 10.2 Å². The molecule has 7 nitrogen and oxygen atoms in total. The molecule has 2 rings (SSSR count). The lowest BCUT2D eigenvalue weighted by Crippen LogP contribution is -2.29. The number of oxime groups is 1. The first-order valence-electron chi connectivity index (χ1n) is 7.04. The number of hydrogen-bond donors (Lipinski definition) is 2. The summed E-state index contributed by atoms with van der Waals surface area (Å²) in [6.07, 6.45) is 0. The Hall–Kier alpha value is -2.58. The molecule has 2 aromatic rings. The van der Waals surface area contributed by atoms with Gasteiger partial charge in [0, 0.05) is 25.2 Å². The van der Waals surface area contributed by atoms with Crippen molar-refractivity contribution in [3.05, 3.63) is 59.7 Å². The van der Waals surface area contributed by atoms with Crippen LogP contribution >= 0.6 is 0 Å². The van der Waals surface area contributed by atoms with Crippen molar-refractivity contribution in [2.24, 2.45) is 5.16 Å². The average Bonchev–Trinajstić information content (AvgIpc) is 2.56. The highest BCUT2D eigenvalue weighted by Crippen LogP contribution is 2.19. The van der Waals surface area contributed by atoms with Gasteiger partial charge in [0.1, 0.15) is 11.5 Å². The summed E-state index contributed by atoms with van der Waals surface area (Å²) in [7, 11) is 0.826. The SMILES string of the molecule is COc1ccc(/C(=N/O)c2cccc(NS(=O)(=O)N(C)C)c2)cc1. The highest BCUT2D eigenvalue weighted by Gasteiger charge is 2.14. The molecular weight excluding hydrogens is 330 g/mol. The molecule has 8 heteroatoms. The van der Waals surface area contributed by atoms with Gasteiger partial charge in [-0.25, -0.2) is 0 Å². The minimum absolute atomic E-state index is 0.323. The second kappa shape index (κ2) is 7.33. The lowest BCUT2D eigenvalue weighted by molar-refractivity contribution is 0.319. The zero-order valence-corrected chi connectivity index (χ0v) is 14.4. The first kappa shape index (κ1) is 17.8. The van der Waals surface area contributed by atoms with Gasteiger partial charge in [-0.05, 0) is 36.4 Å². The first-order valence-corrected chi connectivity index (χ1v) is 8.48. The molecule has 24 heavy (non-hydrogen) atoms. The predicted molar refractivity (Wildman–Crippen MR) is 93.1 cm³/mol. The molecule has 0 aliphatic rings. The molecule has 0 radical (unpaired) electrons. The first-order chi connectivity index (χ1) is 11.4. The summed E-state index contributed by atoms with van der Waals surface area (Å²) in [5.41, 5.74) is 1.94. The van der Waals surface area contributed by atoms with Crippen LogP contribution in [0.25, 0.3) is 0 Å². The van der Waals surface area contributed by atoms with Crippen LogP contribution in [-0.2, 0) is 10.2 Å². The molecule has 2 aromatic carbocycles. The molecule has 128 valence electrons. The Morgan fingerprint density at radius 2 is 1.79 bits per heavy atom. The Bertz CT molecular complexity index is 831. The van der Waals surface area contributed by atoms with Gasteiger partial charge in [-0.15, -0.1) is 0 Å². The van der Waals surface area contributed by atoms with Crippen LogP contribution in [0.15, 0.2) is 53.7 Å². The third kappa shape index (κ3) is 4.03. The molecule has 0 aliphatic carbocycles. The van der Waals surface area contributed by atoms with Gasteiger partial charge in [-0.2, -0.15) is 12.7 Å². The van der Waals surface area contributed by atoms with Gasteiger partial charge < -0.3 is 9.94 Å². The van der Waals surface area contributed by atoms with Crippen LogP contribution in [0, 0.1) is 0 Å². The summed E-state index contributed by atoms with van der Waals surface area (Å²) in [5, 5.41) is 12.7. The van der Waals surface area contributed by atoms with Crippen LogP contribution in [0.3, 0.4) is 0 Å². The Morgan fingerprint density at radius 3 is 2.33 bits per heavy atom. The number of nitrogens with one attached hydrogen (secondary N) is 1. The monoisotopic (exact) mass is 349 g/mol. The molecule has 0 bridgehead atoms. The van der Waals surface area contributed by atoms with Crippen molar-refractivity contribution in [3.8, 4) is 5.75 Å². The summed E-state index contributed by atoms with van der Waals surface area (Å²) >= 11 is 0. The second-order valence-electron chi connectivity index (χ2n) is 5.15. The van der Waals surface area contributed by atoms with E-state index in [1.54, 1.807) is 55.6 Å². The molecule has 0 amide bonds. The van der Waals surface area contributed by atoms with E-state index in [0.717, 1.165) is 4.31 Å². The lowest BCUT2D eigenvalue weighted by atomic mass is 10.0. The fourth-order valence-electron chi connectivity index (χ4n) is 2.00. The van der Waals surface area contributed by atoms with Crippen LogP contribution in [-0.4, -0.2) is 44.8 Å². The van der Waals surface area contributed by atoms with Crippen molar-refractivity contribution >= 4 is 21.6 Å². The van der Waals surface area contributed by atoms with Crippen molar-refractivity contribution in [2.75, 3.05) is 25.9 Å². The summed E-state index contributed by atoms with van der Waals surface area (Å²) < 4.78 is 32.4. The quantitative estimate of drug-likeness (QED) is 0.475. The largest absolute Gasteiger partial charge is 0.497 e. The Kier molecular flexibility index (Phi) is 5.42. The normalized spacial score (nSPS) is 12.2. The van der Waals surface area contributed by atoms with E-state index in [1.807, 2.05) is 0 Å². The molecule has 0 aliphatic heterocycles. The van der Waals surface area contributed by atoms with Crippen molar-refractivity contribution in [2.45, 2.75) is 0 Å². The van der Waals surface area contributed by atoms with E-state index in [2.05, 4.69) is 9.88 Å². The van der Waals surface area contributed by atoms with Gasteiger partial charge in [0.15, 0.2) is 0 Å². The maximum atomic E-state index is 11.9. The molecular formula is C16H19N3O4S. The molecule has 0 spiro atoms. The highest BCUT2D eigenvalue weighted by molar-refractivity contribution is 7.90. The number of benzene rings is 2. The van der Waals surface area contributed by atoms with Crippen LogP contribution < -0.4 is 9.46 Å². The fraction of sp³-hybridized carbons (Fsp3) is 0.188. The summed E-state index contributed by atoms with van der Waals surface area (Å²) in [6, 6.07) is 13.6. The van der Waals surface area contributed by atoms with Crippen LogP contribution in [0.1, 0.15) is 11.1 Å². The maximum Gasteiger partial charge on any atom is 0.301 e. The lowest BCUT2D eigenvalue weighted by Gasteiger charge is -2.14. The van der Waals surface area contributed by atoms with E-state index >= 15 is 0 Å². The van der Waals surface area contributed by atoms with Crippen molar-refractivity contribution in [1.82, 2.24) is 4.31 Å². The number of hydrogen-bond acceptors (Lipinski definition) is 5. The molecule has 0 saturated heterocycles. The van der Waals surface area contributed by atoms with Gasteiger partial charge in [0.25, 0.3) is 0 Å². The Balaban J connectivity index is 2.35. The van der Waals surface area contributed by atoms with Gasteiger partial charge in [-0.3, -0.25) is 4.72 Å². The topological polar surface area (TPSA) is 91.2 Å². The van der Waals surface area contributed by atoms with Gasteiger partial charge >= 0.3 is 10.2 Å². The zero-order chi connectivity index (χ0) is 17.7. The third-order valence-corrected chi connectivity index (χ3v) is 4.78. The second-order valence-corrected chi connectivity index (χ2v) is 7.03. The van der Waals surface area contributed by atoms with Crippen LogP contribution in [0.4, 0.5) is 5.69 Å². The number of ether oxygens (including phenoxy) is 1. The highest BCUT2D eigenvalue weighted by atomic mass is 32.2. The average molecular weight is 349 g/mol. The van der Waals surface area contributed by atoms with E-state index in [-0.39, 0.29) is 0 Å². The number of nitrogens with zero attached hydrogens (tertiary/aromatic N) is 2. The Morgan fingerprint density at radius 1 is 1.12 bits per heavy atom. The minimum atomic E-state index is -3.61. The third-order valence-electron chi connectivity index (χ3n) is 3.33. The molecule has 2 N–H and O–H groups in total. The Labute approximate surface area is 141 Å². The molecule has 0 unspecified atom stereocenters. The van der Waals surface area contributed by atoms with Crippen molar-refractivity contribution in [1.29, 1.82) is 0 Å². The van der Waals surface area contributed by atoms with Crippen molar-refractivity contribution < 1.29 is 18.4 Å². The predicted octanol–water partition coefficient (Wildman–Crippen LogP) is 2.14. The standard InChI is InChI=1S/C16H19N3O4S/c1-19(2)24(21,22)18-14-6-4-5-13(11-14)16(17-20)12-7-9-15(23-3)10-8-12/h4-11,18,20H,1-3H3/b17-16-. The molecule has 0 saturated carbocycles. The number of rotatable bonds is 6. The molecule has 0 fully saturated rings. The van der Waals surface area contributed by atoms with Gasteiger partial charge in [0.05, 0.1) is 12.8 Å². The van der Waals surface area contributed by atoms with Gasteiger partial charge in [0.2, 0.25) is 0 Å². The van der Waals surface area contributed by atoms with Crippen LogP contribution in [0.5, 0.6) is 5.75 Å². The molecule has 0 aromatic heterocycles. The minimum Gasteiger partial charge on any atom is -0.497 e. The number of anilines is 1. The molecule has 0 atom stereocenters.